The number of nitro groups is 1. The zero-order valence-corrected chi connectivity index (χ0v) is 17.8. The molecule has 0 fully saturated rings. The van der Waals surface area contributed by atoms with Crippen molar-refractivity contribution >= 4 is 23.1 Å². The summed E-state index contributed by atoms with van der Waals surface area (Å²) in [5.41, 5.74) is 1.65. The monoisotopic (exact) mass is 420 g/mol. The van der Waals surface area contributed by atoms with Crippen molar-refractivity contribution in [3.63, 3.8) is 0 Å². The number of nitrogens with zero attached hydrogens (tertiary/aromatic N) is 2. The van der Waals surface area contributed by atoms with Crippen LogP contribution in [0.4, 0.5) is 11.4 Å². The molecule has 1 aliphatic carbocycles. The quantitative estimate of drug-likeness (QED) is 0.525. The summed E-state index contributed by atoms with van der Waals surface area (Å²) in [6, 6.07) is 13.9. The SMILES string of the molecule is COc1ccc(N2C(=O)CC(c3ccccc3)C3=C2CC(C)(C)CC3=O)c([N+](=O)[O-])c1. The van der Waals surface area contributed by atoms with E-state index < -0.39 is 4.92 Å². The van der Waals surface area contributed by atoms with Gasteiger partial charge in [-0.2, -0.15) is 0 Å². The molecule has 0 bridgehead atoms. The van der Waals surface area contributed by atoms with Gasteiger partial charge in [0.25, 0.3) is 5.69 Å². The topological polar surface area (TPSA) is 89.8 Å². The van der Waals surface area contributed by atoms with Crippen LogP contribution in [0, 0.1) is 15.5 Å². The molecule has 7 nitrogen and oxygen atoms in total. The lowest BCUT2D eigenvalue weighted by atomic mass is 9.69. The zero-order valence-electron chi connectivity index (χ0n) is 17.8. The van der Waals surface area contributed by atoms with Gasteiger partial charge in [0.15, 0.2) is 5.78 Å². The van der Waals surface area contributed by atoms with Crippen LogP contribution in [0.15, 0.2) is 59.8 Å². The molecule has 1 amide bonds. The predicted octanol–water partition coefficient (Wildman–Crippen LogP) is 4.77. The van der Waals surface area contributed by atoms with Gasteiger partial charge in [-0.1, -0.05) is 44.2 Å². The molecule has 31 heavy (non-hydrogen) atoms. The van der Waals surface area contributed by atoms with Crippen LogP contribution in [-0.4, -0.2) is 23.7 Å². The average molecular weight is 420 g/mol. The van der Waals surface area contributed by atoms with Gasteiger partial charge in [-0.25, -0.2) is 0 Å². The third-order valence-corrected chi connectivity index (χ3v) is 5.97. The van der Waals surface area contributed by atoms with Crippen LogP contribution in [0.2, 0.25) is 0 Å². The number of rotatable bonds is 4. The van der Waals surface area contributed by atoms with E-state index in [1.807, 2.05) is 44.2 Å². The lowest BCUT2D eigenvalue weighted by molar-refractivity contribution is -0.384. The minimum Gasteiger partial charge on any atom is -0.496 e. The minimum atomic E-state index is -0.523. The summed E-state index contributed by atoms with van der Waals surface area (Å²) in [5.74, 6) is -0.280. The normalized spacial score (nSPS) is 20.5. The van der Waals surface area contributed by atoms with E-state index in [0.29, 0.717) is 29.9 Å². The standard InChI is InChI=1S/C24H24N2O5/c1-24(2)13-20-23(21(27)14-24)17(15-7-5-4-6-8-15)12-22(28)25(20)18-10-9-16(31-3)11-19(18)26(29)30/h4-11,17H,12-14H2,1-3H3. The Balaban J connectivity index is 1.94. The van der Waals surface area contributed by atoms with Crippen LogP contribution in [0.3, 0.4) is 0 Å². The van der Waals surface area contributed by atoms with Gasteiger partial charge < -0.3 is 4.74 Å². The summed E-state index contributed by atoms with van der Waals surface area (Å²) < 4.78 is 5.13. The molecule has 7 heteroatoms. The molecule has 4 rings (SSSR count). The number of carbonyl (C=O) groups excluding carboxylic acids is 2. The van der Waals surface area contributed by atoms with Crippen molar-refractivity contribution in [1.82, 2.24) is 0 Å². The molecule has 1 aliphatic heterocycles. The highest BCUT2D eigenvalue weighted by Gasteiger charge is 2.45. The molecule has 2 aliphatic rings. The van der Waals surface area contributed by atoms with Crippen LogP contribution >= 0.6 is 0 Å². The number of hydrogen-bond donors (Lipinski definition) is 0. The minimum absolute atomic E-state index is 0.00577. The van der Waals surface area contributed by atoms with E-state index in [1.54, 1.807) is 6.07 Å². The second-order valence-corrected chi connectivity index (χ2v) is 8.81. The van der Waals surface area contributed by atoms with Gasteiger partial charge in [-0.3, -0.25) is 24.6 Å². The first-order valence-electron chi connectivity index (χ1n) is 10.2. The molecule has 0 spiro atoms. The Morgan fingerprint density at radius 1 is 1.10 bits per heavy atom. The molecule has 0 radical (unpaired) electrons. The number of Topliss-reactive ketones (excluding diaryl/α,β-unsaturated/α-hetero) is 1. The largest absolute Gasteiger partial charge is 0.496 e. The Morgan fingerprint density at radius 2 is 1.81 bits per heavy atom. The van der Waals surface area contributed by atoms with Gasteiger partial charge in [-0.15, -0.1) is 0 Å². The molecule has 0 N–H and O–H groups in total. The maximum absolute atomic E-state index is 13.4. The number of allylic oxidation sites excluding steroid dienone is 2. The predicted molar refractivity (Wildman–Crippen MR) is 116 cm³/mol. The molecule has 1 unspecified atom stereocenters. The van der Waals surface area contributed by atoms with Crippen LogP contribution < -0.4 is 9.64 Å². The van der Waals surface area contributed by atoms with Gasteiger partial charge in [0, 0.05) is 30.0 Å². The molecule has 0 saturated carbocycles. The van der Waals surface area contributed by atoms with Crippen molar-refractivity contribution in [2.45, 2.75) is 39.0 Å². The number of hydrogen-bond acceptors (Lipinski definition) is 5. The van der Waals surface area contributed by atoms with E-state index in [-0.39, 0.29) is 40.8 Å². The first-order valence-corrected chi connectivity index (χ1v) is 10.2. The molecule has 2 aromatic carbocycles. The fourth-order valence-electron chi connectivity index (χ4n) is 4.63. The number of methoxy groups -OCH3 is 1. The average Bonchev–Trinajstić information content (AvgIpc) is 2.72. The summed E-state index contributed by atoms with van der Waals surface area (Å²) in [6.45, 7) is 3.96. The number of ketones is 1. The third-order valence-electron chi connectivity index (χ3n) is 5.97. The molecule has 0 saturated heterocycles. The second-order valence-electron chi connectivity index (χ2n) is 8.81. The summed E-state index contributed by atoms with van der Waals surface area (Å²) in [4.78, 5) is 39.4. The molecular formula is C24H24N2O5. The summed E-state index contributed by atoms with van der Waals surface area (Å²) in [6.07, 6.45) is 0.937. The molecule has 1 heterocycles. The third kappa shape index (κ3) is 3.71. The van der Waals surface area contributed by atoms with Gasteiger partial charge >= 0.3 is 0 Å². The van der Waals surface area contributed by atoms with Crippen LogP contribution in [0.5, 0.6) is 5.75 Å². The van der Waals surface area contributed by atoms with Gasteiger partial charge in [-0.05, 0) is 29.5 Å². The second kappa shape index (κ2) is 7.65. The van der Waals surface area contributed by atoms with E-state index >= 15 is 0 Å². The van der Waals surface area contributed by atoms with Gasteiger partial charge in [0.1, 0.15) is 11.4 Å². The number of anilines is 1. The Kier molecular flexibility index (Phi) is 5.13. The van der Waals surface area contributed by atoms with Crippen LogP contribution in [-0.2, 0) is 9.59 Å². The first kappa shape index (κ1) is 20.8. The molecule has 2 aromatic rings. The Labute approximate surface area is 180 Å². The number of amides is 1. The van der Waals surface area contributed by atoms with Gasteiger partial charge in [0.2, 0.25) is 5.91 Å². The lowest BCUT2D eigenvalue weighted by Gasteiger charge is -2.42. The lowest BCUT2D eigenvalue weighted by Crippen LogP contribution is -2.44. The van der Waals surface area contributed by atoms with Crippen molar-refractivity contribution in [2.24, 2.45) is 5.41 Å². The highest BCUT2D eigenvalue weighted by molar-refractivity contribution is 6.08. The molecule has 0 aromatic heterocycles. The number of nitro benzene ring substituents is 1. The number of benzene rings is 2. The Morgan fingerprint density at radius 3 is 2.45 bits per heavy atom. The maximum atomic E-state index is 13.4. The zero-order chi connectivity index (χ0) is 22.3. The summed E-state index contributed by atoms with van der Waals surface area (Å²) in [5, 5.41) is 11.8. The summed E-state index contributed by atoms with van der Waals surface area (Å²) >= 11 is 0. The van der Waals surface area contributed by atoms with Crippen LogP contribution in [0.25, 0.3) is 0 Å². The summed E-state index contributed by atoms with van der Waals surface area (Å²) in [7, 11) is 1.43. The molecule has 1 atom stereocenters. The van der Waals surface area contributed by atoms with Crippen molar-refractivity contribution in [1.29, 1.82) is 0 Å². The van der Waals surface area contributed by atoms with E-state index in [9.17, 15) is 19.7 Å². The van der Waals surface area contributed by atoms with Crippen molar-refractivity contribution in [3.05, 3.63) is 75.5 Å². The first-order chi connectivity index (χ1) is 14.7. The van der Waals surface area contributed by atoms with E-state index in [0.717, 1.165) is 5.56 Å². The molecular weight excluding hydrogens is 396 g/mol. The van der Waals surface area contributed by atoms with Crippen LogP contribution in [0.1, 0.15) is 44.6 Å². The number of carbonyl (C=O) groups is 2. The Bertz CT molecular complexity index is 1100. The van der Waals surface area contributed by atoms with Crippen molar-refractivity contribution in [2.75, 3.05) is 12.0 Å². The van der Waals surface area contributed by atoms with E-state index in [1.165, 1.54) is 24.1 Å². The van der Waals surface area contributed by atoms with Gasteiger partial charge in [0.05, 0.1) is 18.1 Å². The van der Waals surface area contributed by atoms with E-state index in [4.69, 9.17) is 4.74 Å². The highest BCUT2D eigenvalue weighted by Crippen LogP contribution is 2.49. The molecule has 160 valence electrons. The van der Waals surface area contributed by atoms with Crippen molar-refractivity contribution < 1.29 is 19.2 Å². The van der Waals surface area contributed by atoms with E-state index in [2.05, 4.69) is 0 Å². The maximum Gasteiger partial charge on any atom is 0.297 e. The fraction of sp³-hybridized carbons (Fsp3) is 0.333. The highest BCUT2D eigenvalue weighted by atomic mass is 16.6. The smallest absolute Gasteiger partial charge is 0.297 e. The van der Waals surface area contributed by atoms with Crippen molar-refractivity contribution in [3.8, 4) is 5.75 Å². The Hall–Kier alpha value is -3.48. The number of ether oxygens (including phenoxy) is 1. The fourth-order valence-corrected chi connectivity index (χ4v) is 4.63.